The van der Waals surface area contributed by atoms with Crippen molar-refractivity contribution in [2.75, 3.05) is 6.61 Å². The lowest BCUT2D eigenvalue weighted by atomic mass is 10.0. The number of thioether (sulfide) groups is 1. The van der Waals surface area contributed by atoms with Gasteiger partial charge in [0.2, 0.25) is 0 Å². The van der Waals surface area contributed by atoms with E-state index in [4.69, 9.17) is 0 Å². The van der Waals surface area contributed by atoms with Gasteiger partial charge in [-0.05, 0) is 63.8 Å². The smallest absolute Gasteiger partial charge is 0.0576 e. The van der Waals surface area contributed by atoms with Crippen LogP contribution >= 0.6 is 11.8 Å². The average Bonchev–Trinajstić information content (AvgIpc) is 2.22. The molecule has 1 rings (SSSR count). The van der Waals surface area contributed by atoms with Crippen LogP contribution in [-0.2, 0) is 0 Å². The van der Waals surface area contributed by atoms with Crippen LogP contribution in [0.15, 0.2) is 11.0 Å². The summed E-state index contributed by atoms with van der Waals surface area (Å²) in [5.74, 6) is 0. The van der Waals surface area contributed by atoms with Gasteiger partial charge in [-0.25, -0.2) is 0 Å². The van der Waals surface area contributed by atoms with Crippen LogP contribution < -0.4 is 0 Å². The molecule has 0 unspecified atom stereocenters. The second kappa shape index (κ2) is 4.80. The van der Waals surface area contributed by atoms with Crippen LogP contribution in [0.4, 0.5) is 0 Å². The van der Waals surface area contributed by atoms with Crippen molar-refractivity contribution in [3.05, 3.63) is 28.3 Å². The average molecular weight is 238 g/mol. The lowest BCUT2D eigenvalue weighted by molar-refractivity contribution is 0.265. The van der Waals surface area contributed by atoms with Crippen molar-refractivity contribution in [2.24, 2.45) is 0 Å². The fraction of sp³-hybridized carbons (Fsp3) is 0.571. The van der Waals surface area contributed by atoms with Gasteiger partial charge < -0.3 is 5.11 Å². The molecule has 0 fully saturated rings. The molecule has 1 N–H and O–H groups in total. The number of aryl methyl sites for hydroxylation is 2. The third kappa shape index (κ3) is 2.80. The Bertz CT molecular complexity index is 368. The van der Waals surface area contributed by atoms with Gasteiger partial charge in [-0.15, -0.1) is 11.8 Å². The van der Waals surface area contributed by atoms with E-state index >= 15 is 0 Å². The quantitative estimate of drug-likeness (QED) is 0.809. The first-order chi connectivity index (χ1) is 7.28. The van der Waals surface area contributed by atoms with Gasteiger partial charge in [-0.2, -0.15) is 0 Å². The zero-order valence-corrected chi connectivity index (χ0v) is 12.0. The van der Waals surface area contributed by atoms with Gasteiger partial charge >= 0.3 is 0 Å². The molecule has 1 aromatic carbocycles. The molecule has 0 aromatic heterocycles. The van der Waals surface area contributed by atoms with E-state index in [1.807, 2.05) is 0 Å². The molecule has 90 valence electrons. The van der Waals surface area contributed by atoms with Crippen molar-refractivity contribution >= 4 is 11.8 Å². The van der Waals surface area contributed by atoms with E-state index in [0.29, 0.717) is 0 Å². The molecule has 0 aliphatic heterocycles. The van der Waals surface area contributed by atoms with E-state index in [0.717, 1.165) is 0 Å². The summed E-state index contributed by atoms with van der Waals surface area (Å²) in [5.41, 5.74) is 5.35. The second-order valence-electron chi connectivity index (χ2n) is 5.11. The zero-order chi connectivity index (χ0) is 12.5. The van der Waals surface area contributed by atoms with Gasteiger partial charge in [0.05, 0.1) is 6.61 Å². The first-order valence-corrected chi connectivity index (χ1v) is 6.47. The number of benzene rings is 1. The van der Waals surface area contributed by atoms with Crippen molar-refractivity contribution < 1.29 is 5.11 Å². The first-order valence-electron chi connectivity index (χ1n) is 5.66. The Morgan fingerprint density at radius 1 is 1.06 bits per heavy atom. The maximum atomic E-state index is 9.35. The van der Waals surface area contributed by atoms with Crippen molar-refractivity contribution in [3.8, 4) is 0 Å². The van der Waals surface area contributed by atoms with E-state index in [2.05, 4.69) is 47.6 Å². The Labute approximate surface area is 103 Å². The number of aliphatic hydroxyl groups is 1. The molecule has 16 heavy (non-hydrogen) atoms. The first kappa shape index (κ1) is 13.6. The van der Waals surface area contributed by atoms with Gasteiger partial charge in [0.1, 0.15) is 0 Å². The highest BCUT2D eigenvalue weighted by molar-refractivity contribution is 8.00. The molecule has 1 aromatic rings. The fourth-order valence-corrected chi connectivity index (χ4v) is 2.89. The maximum absolute atomic E-state index is 9.35. The molecule has 0 heterocycles. The van der Waals surface area contributed by atoms with E-state index in [-0.39, 0.29) is 11.4 Å². The zero-order valence-electron chi connectivity index (χ0n) is 11.1. The summed E-state index contributed by atoms with van der Waals surface area (Å²) in [6, 6.07) is 2.24. The lowest BCUT2D eigenvalue weighted by Gasteiger charge is -2.24. The topological polar surface area (TPSA) is 20.2 Å². The number of aliphatic hydroxyl groups excluding tert-OH is 1. The predicted octanol–water partition coefficient (Wildman–Crippen LogP) is 3.78. The van der Waals surface area contributed by atoms with E-state index in [1.54, 1.807) is 11.8 Å². The minimum Gasteiger partial charge on any atom is -0.395 e. The SMILES string of the molecule is Cc1cc(C)c(C)c(SC(C)(C)CO)c1C. The highest BCUT2D eigenvalue weighted by atomic mass is 32.2. The van der Waals surface area contributed by atoms with Gasteiger partial charge in [0, 0.05) is 9.64 Å². The standard InChI is InChI=1S/C14H22OS/c1-9-7-10(2)12(4)13(11(9)3)16-14(5,6)8-15/h7,15H,8H2,1-6H3. The van der Waals surface area contributed by atoms with Gasteiger partial charge in [0.15, 0.2) is 0 Å². The van der Waals surface area contributed by atoms with Crippen LogP contribution in [0.3, 0.4) is 0 Å². The minimum atomic E-state index is -0.115. The van der Waals surface area contributed by atoms with Gasteiger partial charge in [-0.3, -0.25) is 0 Å². The summed E-state index contributed by atoms with van der Waals surface area (Å²) in [6.45, 7) is 13.0. The largest absolute Gasteiger partial charge is 0.395 e. The van der Waals surface area contributed by atoms with Crippen LogP contribution in [-0.4, -0.2) is 16.5 Å². The summed E-state index contributed by atoms with van der Waals surface area (Å²) in [7, 11) is 0. The van der Waals surface area contributed by atoms with Crippen molar-refractivity contribution in [2.45, 2.75) is 51.2 Å². The molecule has 0 radical (unpaired) electrons. The Hall–Kier alpha value is -0.470. The number of rotatable bonds is 3. The second-order valence-corrected chi connectivity index (χ2v) is 6.83. The van der Waals surface area contributed by atoms with Crippen LogP contribution in [0, 0.1) is 27.7 Å². The van der Waals surface area contributed by atoms with E-state index < -0.39 is 0 Å². The third-order valence-electron chi connectivity index (χ3n) is 3.06. The summed E-state index contributed by atoms with van der Waals surface area (Å²) in [5, 5.41) is 9.35. The number of hydrogen-bond donors (Lipinski definition) is 1. The van der Waals surface area contributed by atoms with Crippen LogP contribution in [0.25, 0.3) is 0 Å². The fourth-order valence-electron chi connectivity index (χ4n) is 1.64. The molecule has 2 heteroatoms. The third-order valence-corrected chi connectivity index (χ3v) is 4.55. The Morgan fingerprint density at radius 2 is 1.50 bits per heavy atom. The Morgan fingerprint density at radius 3 is 1.88 bits per heavy atom. The normalized spacial score (nSPS) is 11.9. The van der Waals surface area contributed by atoms with E-state index in [1.165, 1.54) is 27.1 Å². The van der Waals surface area contributed by atoms with Gasteiger partial charge in [0.25, 0.3) is 0 Å². The van der Waals surface area contributed by atoms with Crippen molar-refractivity contribution in [1.82, 2.24) is 0 Å². The predicted molar refractivity (Wildman–Crippen MR) is 72.4 cm³/mol. The van der Waals surface area contributed by atoms with Crippen molar-refractivity contribution in [3.63, 3.8) is 0 Å². The van der Waals surface area contributed by atoms with Crippen LogP contribution in [0.2, 0.25) is 0 Å². The molecule has 0 aliphatic carbocycles. The van der Waals surface area contributed by atoms with E-state index in [9.17, 15) is 5.11 Å². The Kier molecular flexibility index (Phi) is 4.08. The lowest BCUT2D eigenvalue weighted by Crippen LogP contribution is -2.20. The molecule has 0 atom stereocenters. The maximum Gasteiger partial charge on any atom is 0.0576 e. The summed E-state index contributed by atoms with van der Waals surface area (Å²) in [6.07, 6.45) is 0. The summed E-state index contributed by atoms with van der Waals surface area (Å²) >= 11 is 1.78. The molecule has 0 amide bonds. The molecule has 0 spiro atoms. The number of hydrogen-bond acceptors (Lipinski definition) is 2. The highest BCUT2D eigenvalue weighted by Gasteiger charge is 2.21. The minimum absolute atomic E-state index is 0.115. The molecular weight excluding hydrogens is 216 g/mol. The van der Waals surface area contributed by atoms with Crippen molar-refractivity contribution in [1.29, 1.82) is 0 Å². The molecule has 0 aliphatic rings. The molecule has 0 saturated carbocycles. The van der Waals surface area contributed by atoms with Gasteiger partial charge in [-0.1, -0.05) is 6.07 Å². The molecule has 0 saturated heterocycles. The summed E-state index contributed by atoms with van der Waals surface area (Å²) < 4.78 is -0.115. The van der Waals surface area contributed by atoms with Crippen LogP contribution in [0.1, 0.15) is 36.1 Å². The molecule has 0 bridgehead atoms. The Balaban J connectivity index is 3.23. The van der Waals surface area contributed by atoms with Crippen LogP contribution in [0.5, 0.6) is 0 Å². The molecular formula is C14H22OS. The highest BCUT2D eigenvalue weighted by Crippen LogP contribution is 2.38. The molecule has 1 nitrogen and oxygen atoms in total. The summed E-state index contributed by atoms with van der Waals surface area (Å²) in [4.78, 5) is 1.33. The monoisotopic (exact) mass is 238 g/mol.